The van der Waals surface area contributed by atoms with E-state index in [2.05, 4.69) is 29.4 Å². The van der Waals surface area contributed by atoms with Crippen molar-refractivity contribution in [2.75, 3.05) is 45.9 Å². The fraction of sp³-hybridized carbons (Fsp3) is 0.650. The maximum Gasteiger partial charge on any atom is 0.191 e. The highest BCUT2D eigenvalue weighted by Gasteiger charge is 2.18. The number of para-hydroxylation sites is 1. The van der Waals surface area contributed by atoms with Crippen LogP contribution < -0.4 is 15.4 Å². The first-order chi connectivity index (χ1) is 12.3. The van der Waals surface area contributed by atoms with Crippen LogP contribution in [0.2, 0.25) is 0 Å². The molecule has 0 aromatic heterocycles. The zero-order valence-corrected chi connectivity index (χ0v) is 15.8. The van der Waals surface area contributed by atoms with Crippen LogP contribution in [0.25, 0.3) is 0 Å². The molecular formula is C20H34N4O. The minimum absolute atomic E-state index is 0.686. The maximum absolute atomic E-state index is 5.72. The van der Waals surface area contributed by atoms with Crippen LogP contribution in [-0.2, 0) is 0 Å². The van der Waals surface area contributed by atoms with Crippen molar-refractivity contribution in [2.45, 2.75) is 33.1 Å². The number of benzene rings is 1. The van der Waals surface area contributed by atoms with Crippen LogP contribution >= 0.6 is 0 Å². The molecule has 1 fully saturated rings. The number of nitrogens with zero attached hydrogens (tertiary/aromatic N) is 2. The van der Waals surface area contributed by atoms with E-state index in [1.807, 2.05) is 30.3 Å². The van der Waals surface area contributed by atoms with E-state index < -0.39 is 0 Å². The van der Waals surface area contributed by atoms with Gasteiger partial charge in [-0.1, -0.05) is 25.1 Å². The van der Waals surface area contributed by atoms with Gasteiger partial charge in [-0.2, -0.15) is 0 Å². The number of ether oxygens (including phenoxy) is 1. The Kier molecular flexibility index (Phi) is 9.19. The molecule has 1 atom stereocenters. The molecule has 1 unspecified atom stereocenters. The average Bonchev–Trinajstić information content (AvgIpc) is 2.66. The van der Waals surface area contributed by atoms with Gasteiger partial charge in [0.15, 0.2) is 5.96 Å². The molecule has 0 bridgehead atoms. The average molecular weight is 347 g/mol. The number of rotatable bonds is 9. The van der Waals surface area contributed by atoms with Crippen molar-refractivity contribution in [1.82, 2.24) is 15.5 Å². The number of aliphatic imine (C=N–C) groups is 1. The summed E-state index contributed by atoms with van der Waals surface area (Å²) in [6, 6.07) is 9.97. The van der Waals surface area contributed by atoms with Gasteiger partial charge in [0.25, 0.3) is 0 Å². The summed E-state index contributed by atoms with van der Waals surface area (Å²) in [4.78, 5) is 7.32. The van der Waals surface area contributed by atoms with E-state index in [-0.39, 0.29) is 0 Å². The maximum atomic E-state index is 5.72. The summed E-state index contributed by atoms with van der Waals surface area (Å²) in [5.74, 6) is 2.54. The fourth-order valence-corrected chi connectivity index (χ4v) is 3.14. The van der Waals surface area contributed by atoms with E-state index in [9.17, 15) is 0 Å². The second-order valence-corrected chi connectivity index (χ2v) is 6.56. The summed E-state index contributed by atoms with van der Waals surface area (Å²) in [6.45, 7) is 11.3. The van der Waals surface area contributed by atoms with Crippen LogP contribution in [-0.4, -0.2) is 56.7 Å². The van der Waals surface area contributed by atoms with Crippen LogP contribution in [0.5, 0.6) is 5.75 Å². The van der Waals surface area contributed by atoms with Crippen LogP contribution in [0.1, 0.15) is 33.1 Å². The topological polar surface area (TPSA) is 48.9 Å². The Bertz CT molecular complexity index is 492. The molecule has 0 aliphatic carbocycles. The first kappa shape index (κ1) is 19.6. The lowest BCUT2D eigenvalue weighted by Gasteiger charge is -2.31. The van der Waals surface area contributed by atoms with Crippen molar-refractivity contribution >= 4 is 5.96 Å². The first-order valence-corrected chi connectivity index (χ1v) is 9.74. The van der Waals surface area contributed by atoms with Gasteiger partial charge in [0.1, 0.15) is 5.75 Å². The van der Waals surface area contributed by atoms with Gasteiger partial charge in [-0.15, -0.1) is 0 Å². The van der Waals surface area contributed by atoms with Gasteiger partial charge in [0, 0.05) is 26.2 Å². The van der Waals surface area contributed by atoms with Crippen molar-refractivity contribution in [3.8, 4) is 5.75 Å². The first-order valence-electron chi connectivity index (χ1n) is 9.74. The SMILES string of the molecule is CCNC(=NCC1CCCN(CC)C1)NCCCOc1ccccc1. The van der Waals surface area contributed by atoms with E-state index in [1.54, 1.807) is 0 Å². The van der Waals surface area contributed by atoms with E-state index >= 15 is 0 Å². The molecule has 1 saturated heterocycles. The minimum atomic E-state index is 0.686. The van der Waals surface area contributed by atoms with Crippen LogP contribution in [0, 0.1) is 5.92 Å². The fourth-order valence-electron chi connectivity index (χ4n) is 3.14. The van der Waals surface area contributed by atoms with E-state index in [4.69, 9.17) is 9.73 Å². The highest BCUT2D eigenvalue weighted by molar-refractivity contribution is 5.79. The molecule has 2 rings (SSSR count). The van der Waals surface area contributed by atoms with Crippen molar-refractivity contribution in [2.24, 2.45) is 10.9 Å². The zero-order chi connectivity index (χ0) is 17.7. The number of guanidine groups is 1. The number of piperidine rings is 1. The number of hydrogen-bond donors (Lipinski definition) is 2. The van der Waals surface area contributed by atoms with Crippen LogP contribution in [0.3, 0.4) is 0 Å². The minimum Gasteiger partial charge on any atom is -0.494 e. The van der Waals surface area contributed by atoms with Crippen molar-refractivity contribution in [3.63, 3.8) is 0 Å². The second-order valence-electron chi connectivity index (χ2n) is 6.56. The largest absolute Gasteiger partial charge is 0.494 e. The Morgan fingerprint density at radius 1 is 1.24 bits per heavy atom. The van der Waals surface area contributed by atoms with Crippen molar-refractivity contribution in [1.29, 1.82) is 0 Å². The van der Waals surface area contributed by atoms with E-state index in [1.165, 1.54) is 25.9 Å². The predicted molar refractivity (Wildman–Crippen MR) is 105 cm³/mol. The molecule has 5 nitrogen and oxygen atoms in total. The predicted octanol–water partition coefficient (Wildman–Crippen LogP) is 2.74. The van der Waals surface area contributed by atoms with Gasteiger partial charge in [0.05, 0.1) is 6.61 Å². The Balaban J connectivity index is 1.66. The highest BCUT2D eigenvalue weighted by Crippen LogP contribution is 2.16. The quantitative estimate of drug-likeness (QED) is 0.410. The third-order valence-electron chi connectivity index (χ3n) is 4.53. The Labute approximate surface area is 152 Å². The van der Waals surface area contributed by atoms with E-state index in [0.717, 1.165) is 44.3 Å². The van der Waals surface area contributed by atoms with Crippen LogP contribution in [0.15, 0.2) is 35.3 Å². The molecule has 1 heterocycles. The lowest BCUT2D eigenvalue weighted by Crippen LogP contribution is -2.40. The van der Waals surface area contributed by atoms with E-state index in [0.29, 0.717) is 12.5 Å². The summed E-state index contributed by atoms with van der Waals surface area (Å²) >= 11 is 0. The molecule has 2 N–H and O–H groups in total. The highest BCUT2D eigenvalue weighted by atomic mass is 16.5. The molecule has 1 aromatic rings. The molecule has 140 valence electrons. The monoisotopic (exact) mass is 346 g/mol. The number of likely N-dealkylation sites (tertiary alicyclic amines) is 1. The van der Waals surface area contributed by atoms with Gasteiger partial charge in [-0.25, -0.2) is 0 Å². The number of hydrogen-bond acceptors (Lipinski definition) is 3. The Morgan fingerprint density at radius 3 is 2.84 bits per heavy atom. The van der Waals surface area contributed by atoms with Crippen LogP contribution in [0.4, 0.5) is 0 Å². The van der Waals surface area contributed by atoms with Crippen molar-refractivity contribution in [3.05, 3.63) is 30.3 Å². The molecule has 0 amide bonds. The number of nitrogens with one attached hydrogen (secondary N) is 2. The summed E-state index contributed by atoms with van der Waals surface area (Å²) in [7, 11) is 0. The smallest absolute Gasteiger partial charge is 0.191 e. The Hall–Kier alpha value is -1.75. The van der Waals surface area contributed by atoms with Crippen molar-refractivity contribution < 1.29 is 4.74 Å². The summed E-state index contributed by atoms with van der Waals surface area (Å²) in [5, 5.41) is 6.76. The summed E-state index contributed by atoms with van der Waals surface area (Å²) in [5.41, 5.74) is 0. The molecule has 25 heavy (non-hydrogen) atoms. The summed E-state index contributed by atoms with van der Waals surface area (Å²) < 4.78 is 5.72. The van der Waals surface area contributed by atoms with Gasteiger partial charge >= 0.3 is 0 Å². The molecule has 0 spiro atoms. The third-order valence-corrected chi connectivity index (χ3v) is 4.53. The summed E-state index contributed by atoms with van der Waals surface area (Å²) in [6.07, 6.45) is 3.55. The molecule has 0 saturated carbocycles. The second kappa shape index (κ2) is 11.7. The molecule has 0 radical (unpaired) electrons. The molecular weight excluding hydrogens is 312 g/mol. The van der Waals surface area contributed by atoms with Gasteiger partial charge < -0.3 is 20.3 Å². The van der Waals surface area contributed by atoms with Gasteiger partial charge in [-0.05, 0) is 57.3 Å². The zero-order valence-electron chi connectivity index (χ0n) is 15.8. The standard InChI is InChI=1S/C20H34N4O/c1-3-21-20(23-16-18-10-8-14-24(4-2)17-18)22-13-9-15-25-19-11-6-5-7-12-19/h5-7,11-12,18H,3-4,8-10,13-17H2,1-2H3,(H2,21,22,23). The van der Waals surface area contributed by atoms with Gasteiger partial charge in [0.2, 0.25) is 0 Å². The molecule has 1 aromatic carbocycles. The lowest BCUT2D eigenvalue weighted by molar-refractivity contribution is 0.186. The molecule has 5 heteroatoms. The Morgan fingerprint density at radius 2 is 2.08 bits per heavy atom. The lowest BCUT2D eigenvalue weighted by atomic mass is 9.98. The van der Waals surface area contributed by atoms with Gasteiger partial charge in [-0.3, -0.25) is 4.99 Å². The normalized spacial score (nSPS) is 18.8. The molecule has 1 aliphatic heterocycles. The molecule has 1 aliphatic rings. The third kappa shape index (κ3) is 7.78.